The maximum absolute atomic E-state index is 2.61. The Bertz CT molecular complexity index is 585. The van der Waals surface area contributed by atoms with Gasteiger partial charge in [-0.1, -0.05) is 30.4 Å². The highest BCUT2D eigenvalue weighted by Crippen LogP contribution is 2.37. The Hall–Kier alpha value is -1.35. The topological polar surface area (TPSA) is 6.48 Å². The predicted octanol–water partition coefficient (Wildman–Crippen LogP) is 4.67. The summed E-state index contributed by atoms with van der Waals surface area (Å²) in [5.41, 5.74) is 4.51. The van der Waals surface area contributed by atoms with E-state index < -0.39 is 0 Å². The molecule has 0 aromatic heterocycles. The van der Waals surface area contributed by atoms with Gasteiger partial charge in [0.05, 0.1) is 0 Å². The molecule has 3 heteroatoms. The van der Waals surface area contributed by atoms with Gasteiger partial charge in [0.1, 0.15) is 0 Å². The fourth-order valence-corrected chi connectivity index (χ4v) is 5.01. The molecule has 1 unspecified atom stereocenters. The molecule has 2 fully saturated rings. The van der Waals surface area contributed by atoms with Crippen LogP contribution in [0.4, 0.5) is 0 Å². The summed E-state index contributed by atoms with van der Waals surface area (Å²) in [5.74, 6) is 0.517. The molecule has 2 nitrogen and oxygen atoms in total. The highest BCUT2D eigenvalue weighted by atomic mass is 32.2. The molecular formula is C20H26N2S. The van der Waals surface area contributed by atoms with E-state index in [0.717, 1.165) is 6.42 Å². The summed E-state index contributed by atoms with van der Waals surface area (Å²) in [6.45, 7) is 4.90. The summed E-state index contributed by atoms with van der Waals surface area (Å²) in [4.78, 5) is 5.20. The molecule has 4 aliphatic rings. The summed E-state index contributed by atoms with van der Waals surface area (Å²) in [7, 11) is 0. The molecule has 1 aliphatic carbocycles. The molecule has 2 bridgehead atoms. The maximum atomic E-state index is 2.61. The Morgan fingerprint density at radius 1 is 0.826 bits per heavy atom. The summed E-state index contributed by atoms with van der Waals surface area (Å²) in [6, 6.07) is 0. The van der Waals surface area contributed by atoms with Crippen LogP contribution < -0.4 is 0 Å². The van der Waals surface area contributed by atoms with Crippen molar-refractivity contribution in [3.8, 4) is 0 Å². The Kier molecular flexibility index (Phi) is 4.65. The Balaban J connectivity index is 1.68. The van der Waals surface area contributed by atoms with Crippen LogP contribution >= 0.6 is 11.8 Å². The van der Waals surface area contributed by atoms with E-state index in [-0.39, 0.29) is 0 Å². The second-order valence-corrected chi connectivity index (χ2v) is 7.59. The lowest BCUT2D eigenvalue weighted by Gasteiger charge is -2.32. The van der Waals surface area contributed by atoms with E-state index in [1.54, 1.807) is 0 Å². The average molecular weight is 327 g/mol. The second kappa shape index (κ2) is 7.04. The lowest BCUT2D eigenvalue weighted by Crippen LogP contribution is -2.26. The highest BCUT2D eigenvalue weighted by molar-refractivity contribution is 8.04. The number of fused-ring (bicyclic) bond motifs is 2. The minimum atomic E-state index is 0.517. The molecule has 2 saturated heterocycles. The van der Waals surface area contributed by atoms with Gasteiger partial charge in [0.2, 0.25) is 0 Å². The molecule has 0 amide bonds. The van der Waals surface area contributed by atoms with Crippen LogP contribution in [0.3, 0.4) is 0 Å². The molecule has 4 rings (SSSR count). The average Bonchev–Trinajstić information content (AvgIpc) is 3.19. The van der Waals surface area contributed by atoms with Gasteiger partial charge in [-0.25, -0.2) is 0 Å². The first kappa shape index (κ1) is 15.2. The summed E-state index contributed by atoms with van der Waals surface area (Å²) < 4.78 is 0. The molecule has 0 spiro atoms. The van der Waals surface area contributed by atoms with Gasteiger partial charge in [0.25, 0.3) is 0 Å². The number of thioether (sulfide) groups is 1. The smallest absolute Gasteiger partial charge is 0.0466 e. The SMILES string of the molecule is C1=C\C=C2CC(\C=C/1)/C(N1CCCC1)=C\S\C=C/2N1CCCC1. The summed E-state index contributed by atoms with van der Waals surface area (Å²) in [5, 5.41) is 4.81. The molecule has 1 atom stereocenters. The van der Waals surface area contributed by atoms with Crippen molar-refractivity contribution in [3.05, 3.63) is 58.2 Å². The van der Waals surface area contributed by atoms with Gasteiger partial charge >= 0.3 is 0 Å². The number of likely N-dealkylation sites (tertiary alicyclic amines) is 2. The minimum Gasteiger partial charge on any atom is -0.374 e. The first-order valence-electron chi connectivity index (χ1n) is 9.02. The third kappa shape index (κ3) is 3.30. The number of nitrogens with zero attached hydrogens (tertiary/aromatic N) is 2. The van der Waals surface area contributed by atoms with Crippen molar-refractivity contribution < 1.29 is 0 Å². The molecule has 23 heavy (non-hydrogen) atoms. The lowest BCUT2D eigenvalue weighted by atomic mass is 9.92. The zero-order valence-electron chi connectivity index (χ0n) is 13.8. The first-order chi connectivity index (χ1) is 11.4. The van der Waals surface area contributed by atoms with Crippen LogP contribution in [0.5, 0.6) is 0 Å². The third-order valence-corrected chi connectivity index (χ3v) is 6.04. The van der Waals surface area contributed by atoms with Crippen LogP contribution in [0.1, 0.15) is 32.1 Å². The number of hydrogen-bond acceptors (Lipinski definition) is 3. The van der Waals surface area contributed by atoms with Crippen LogP contribution in [-0.4, -0.2) is 36.0 Å². The van der Waals surface area contributed by atoms with Gasteiger partial charge in [-0.2, -0.15) is 0 Å². The summed E-state index contributed by atoms with van der Waals surface area (Å²) >= 11 is 1.89. The Morgan fingerprint density at radius 3 is 2.35 bits per heavy atom. The van der Waals surface area contributed by atoms with Gasteiger partial charge in [-0.15, -0.1) is 11.8 Å². The molecule has 0 aromatic rings. The maximum Gasteiger partial charge on any atom is 0.0466 e. The molecule has 0 radical (unpaired) electrons. The third-order valence-electron chi connectivity index (χ3n) is 5.30. The van der Waals surface area contributed by atoms with Gasteiger partial charge in [-0.3, -0.25) is 0 Å². The Morgan fingerprint density at radius 2 is 1.57 bits per heavy atom. The van der Waals surface area contributed by atoms with E-state index in [4.69, 9.17) is 0 Å². The van der Waals surface area contributed by atoms with Crippen molar-refractivity contribution in [1.29, 1.82) is 0 Å². The monoisotopic (exact) mass is 326 g/mol. The van der Waals surface area contributed by atoms with Crippen LogP contribution in [0.2, 0.25) is 0 Å². The first-order valence-corrected chi connectivity index (χ1v) is 9.96. The largest absolute Gasteiger partial charge is 0.374 e. The molecule has 3 aliphatic heterocycles. The van der Waals surface area contributed by atoms with E-state index >= 15 is 0 Å². The van der Waals surface area contributed by atoms with E-state index in [9.17, 15) is 0 Å². The quantitative estimate of drug-likeness (QED) is 0.728. The number of hydrogen-bond donors (Lipinski definition) is 0. The van der Waals surface area contributed by atoms with Crippen LogP contribution in [0.25, 0.3) is 0 Å². The van der Waals surface area contributed by atoms with E-state index in [0.29, 0.717) is 5.92 Å². The molecule has 3 heterocycles. The van der Waals surface area contributed by atoms with Crippen LogP contribution in [0, 0.1) is 5.92 Å². The van der Waals surface area contributed by atoms with Crippen LogP contribution in [0.15, 0.2) is 58.2 Å². The van der Waals surface area contributed by atoms with Crippen molar-refractivity contribution in [3.63, 3.8) is 0 Å². The molecule has 0 saturated carbocycles. The standard InChI is InChI=1S/C20H26N2S/c1-2-8-17-14-18(9-3-1)20(22-12-6-7-13-22)16-23-15-19(17)21-10-4-5-11-21/h1-3,8-9,15-17H,4-7,10-14H2/b3-1-,8-2-,18-9+,19-15+,20-16+. The van der Waals surface area contributed by atoms with Crippen molar-refractivity contribution in [2.45, 2.75) is 32.1 Å². The zero-order chi connectivity index (χ0) is 15.5. The molecule has 0 aromatic carbocycles. The zero-order valence-corrected chi connectivity index (χ0v) is 14.6. The Labute approximate surface area is 144 Å². The van der Waals surface area contributed by atoms with Crippen molar-refractivity contribution in [1.82, 2.24) is 9.80 Å². The van der Waals surface area contributed by atoms with Gasteiger partial charge in [0, 0.05) is 43.5 Å². The van der Waals surface area contributed by atoms with E-state index in [1.165, 1.54) is 68.8 Å². The lowest BCUT2D eigenvalue weighted by molar-refractivity contribution is 0.378. The molecular weight excluding hydrogens is 300 g/mol. The second-order valence-electron chi connectivity index (χ2n) is 6.84. The van der Waals surface area contributed by atoms with Crippen molar-refractivity contribution in [2.24, 2.45) is 5.92 Å². The molecule has 122 valence electrons. The van der Waals surface area contributed by atoms with Gasteiger partial charge in [-0.05, 0) is 48.5 Å². The van der Waals surface area contributed by atoms with E-state index in [2.05, 4.69) is 51.0 Å². The van der Waals surface area contributed by atoms with E-state index in [1.807, 2.05) is 11.8 Å². The van der Waals surface area contributed by atoms with Crippen molar-refractivity contribution >= 4 is 11.8 Å². The highest BCUT2D eigenvalue weighted by Gasteiger charge is 2.26. The fraction of sp³-hybridized carbons (Fsp3) is 0.500. The van der Waals surface area contributed by atoms with Gasteiger partial charge < -0.3 is 9.80 Å². The number of rotatable bonds is 2. The minimum absolute atomic E-state index is 0.517. The predicted molar refractivity (Wildman–Crippen MR) is 99.8 cm³/mol. The van der Waals surface area contributed by atoms with Crippen LogP contribution in [-0.2, 0) is 0 Å². The fourth-order valence-electron chi connectivity index (χ4n) is 4.05. The molecule has 0 N–H and O–H groups in total. The summed E-state index contributed by atoms with van der Waals surface area (Å²) in [6.07, 6.45) is 17.9. The van der Waals surface area contributed by atoms with Crippen molar-refractivity contribution in [2.75, 3.05) is 26.2 Å². The van der Waals surface area contributed by atoms with Gasteiger partial charge in [0.15, 0.2) is 0 Å². The number of allylic oxidation sites excluding steroid dienone is 6. The normalized spacial score (nSPS) is 37.4.